The molecule has 1 aliphatic rings. The molecule has 2 aromatic carbocycles. The summed E-state index contributed by atoms with van der Waals surface area (Å²) in [7, 11) is 0. The molecule has 0 spiro atoms. The number of nitro groups is 1. The van der Waals surface area contributed by atoms with Crippen molar-refractivity contribution < 1.29 is 10.0 Å². The van der Waals surface area contributed by atoms with Gasteiger partial charge in [-0.1, -0.05) is 30.3 Å². The number of nitrogens with zero attached hydrogens (tertiary/aromatic N) is 3. The van der Waals surface area contributed by atoms with Crippen molar-refractivity contribution in [1.29, 1.82) is 5.26 Å². The zero-order valence-corrected chi connectivity index (χ0v) is 13.7. The van der Waals surface area contributed by atoms with Gasteiger partial charge in [0.25, 0.3) is 5.69 Å². The third-order valence-corrected chi connectivity index (χ3v) is 4.78. The van der Waals surface area contributed by atoms with E-state index in [2.05, 4.69) is 11.0 Å². The Hall–Kier alpha value is -2.91. The van der Waals surface area contributed by atoms with E-state index in [0.29, 0.717) is 18.7 Å². The van der Waals surface area contributed by atoms with Crippen LogP contribution in [0.3, 0.4) is 0 Å². The van der Waals surface area contributed by atoms with Gasteiger partial charge >= 0.3 is 0 Å². The lowest BCUT2D eigenvalue weighted by Gasteiger charge is -2.36. The Bertz CT molecular complexity index is 793. The topological polar surface area (TPSA) is 90.4 Å². The van der Waals surface area contributed by atoms with Crippen molar-refractivity contribution in [1.82, 2.24) is 0 Å². The van der Waals surface area contributed by atoms with Gasteiger partial charge in [-0.15, -0.1) is 0 Å². The second-order valence-corrected chi connectivity index (χ2v) is 6.25. The predicted molar refractivity (Wildman–Crippen MR) is 94.2 cm³/mol. The molecule has 0 saturated carbocycles. The van der Waals surface area contributed by atoms with Crippen LogP contribution < -0.4 is 4.90 Å². The number of hydrogen-bond donors (Lipinski definition) is 1. The van der Waals surface area contributed by atoms with Crippen LogP contribution in [0, 0.1) is 27.4 Å². The van der Waals surface area contributed by atoms with Gasteiger partial charge in [-0.2, -0.15) is 5.26 Å². The number of aliphatic hydroxyl groups is 1. The van der Waals surface area contributed by atoms with Crippen LogP contribution in [-0.2, 0) is 0 Å². The van der Waals surface area contributed by atoms with Gasteiger partial charge in [0.1, 0.15) is 6.07 Å². The molecule has 6 nitrogen and oxygen atoms in total. The second-order valence-electron chi connectivity index (χ2n) is 6.25. The van der Waals surface area contributed by atoms with Gasteiger partial charge in [0, 0.05) is 25.2 Å². The number of piperidine rings is 1. The SMILES string of the molecule is N#Cc1cc([N+](=O)[O-])ccc1N1CCC([C@H](O)c2ccccc2)CC1. The highest BCUT2D eigenvalue weighted by atomic mass is 16.6. The molecule has 0 radical (unpaired) electrons. The van der Waals surface area contributed by atoms with E-state index < -0.39 is 11.0 Å². The van der Waals surface area contributed by atoms with Crippen LogP contribution in [0.25, 0.3) is 0 Å². The molecule has 1 fully saturated rings. The van der Waals surface area contributed by atoms with E-state index >= 15 is 0 Å². The van der Waals surface area contributed by atoms with Crippen molar-refractivity contribution in [2.24, 2.45) is 5.92 Å². The molecule has 1 N–H and O–H groups in total. The van der Waals surface area contributed by atoms with Crippen LogP contribution in [0.5, 0.6) is 0 Å². The molecule has 2 aromatic rings. The van der Waals surface area contributed by atoms with Gasteiger partial charge in [-0.05, 0) is 30.4 Å². The maximum absolute atomic E-state index is 10.9. The Morgan fingerprint density at radius 1 is 1.20 bits per heavy atom. The quantitative estimate of drug-likeness (QED) is 0.682. The standard InChI is InChI=1S/C19H19N3O3/c20-13-16-12-17(22(24)25)6-7-18(16)21-10-8-15(9-11-21)19(23)14-4-2-1-3-5-14/h1-7,12,15,19,23H,8-11H2/t19-/m1/s1. The number of hydrogen-bond acceptors (Lipinski definition) is 5. The van der Waals surface area contributed by atoms with E-state index in [4.69, 9.17) is 0 Å². The molecule has 1 aliphatic heterocycles. The Labute approximate surface area is 146 Å². The first-order chi connectivity index (χ1) is 12.1. The predicted octanol–water partition coefficient (Wildman–Crippen LogP) is 3.42. The third kappa shape index (κ3) is 3.62. The van der Waals surface area contributed by atoms with Crippen molar-refractivity contribution in [2.45, 2.75) is 18.9 Å². The van der Waals surface area contributed by atoms with E-state index in [1.54, 1.807) is 6.07 Å². The summed E-state index contributed by atoms with van der Waals surface area (Å²) < 4.78 is 0. The first-order valence-corrected chi connectivity index (χ1v) is 8.26. The summed E-state index contributed by atoms with van der Waals surface area (Å²) >= 11 is 0. The Morgan fingerprint density at radius 3 is 2.48 bits per heavy atom. The molecular weight excluding hydrogens is 318 g/mol. The monoisotopic (exact) mass is 337 g/mol. The summed E-state index contributed by atoms with van der Waals surface area (Å²) in [5.74, 6) is 0.169. The van der Waals surface area contributed by atoms with Crippen LogP contribution in [0.4, 0.5) is 11.4 Å². The summed E-state index contributed by atoms with van der Waals surface area (Å²) in [6.45, 7) is 1.42. The maximum Gasteiger partial charge on any atom is 0.270 e. The van der Waals surface area contributed by atoms with Crippen molar-refractivity contribution in [3.8, 4) is 6.07 Å². The van der Waals surface area contributed by atoms with Crippen molar-refractivity contribution in [3.63, 3.8) is 0 Å². The summed E-state index contributed by atoms with van der Waals surface area (Å²) in [6.07, 6.45) is 1.12. The first-order valence-electron chi connectivity index (χ1n) is 8.26. The fourth-order valence-corrected chi connectivity index (χ4v) is 3.38. The molecular formula is C19H19N3O3. The van der Waals surface area contributed by atoms with Crippen LogP contribution in [0.1, 0.15) is 30.1 Å². The molecule has 1 atom stereocenters. The number of nitro benzene ring substituents is 1. The number of benzene rings is 2. The molecule has 0 aromatic heterocycles. The van der Waals surface area contributed by atoms with Crippen molar-refractivity contribution in [2.75, 3.05) is 18.0 Å². The lowest BCUT2D eigenvalue weighted by Crippen LogP contribution is -2.36. The van der Waals surface area contributed by atoms with Crippen LogP contribution in [-0.4, -0.2) is 23.1 Å². The molecule has 25 heavy (non-hydrogen) atoms. The molecule has 0 unspecified atom stereocenters. The number of aliphatic hydroxyl groups excluding tert-OH is 1. The highest BCUT2D eigenvalue weighted by Gasteiger charge is 2.27. The van der Waals surface area contributed by atoms with Crippen LogP contribution in [0.2, 0.25) is 0 Å². The first kappa shape index (κ1) is 16.9. The fraction of sp³-hybridized carbons (Fsp3) is 0.316. The van der Waals surface area contributed by atoms with E-state index in [9.17, 15) is 20.5 Å². The second kappa shape index (κ2) is 7.32. The molecule has 6 heteroatoms. The van der Waals surface area contributed by atoms with Gasteiger partial charge in [-0.3, -0.25) is 10.1 Å². The zero-order valence-electron chi connectivity index (χ0n) is 13.7. The molecule has 0 bridgehead atoms. The number of nitriles is 1. The highest BCUT2D eigenvalue weighted by molar-refractivity contribution is 5.63. The summed E-state index contributed by atoms with van der Waals surface area (Å²) in [4.78, 5) is 12.4. The largest absolute Gasteiger partial charge is 0.388 e. The van der Waals surface area contributed by atoms with Gasteiger partial charge in [0.2, 0.25) is 0 Å². The summed E-state index contributed by atoms with van der Waals surface area (Å²) in [6, 6.07) is 16.1. The lowest BCUT2D eigenvalue weighted by molar-refractivity contribution is -0.384. The van der Waals surface area contributed by atoms with Gasteiger partial charge in [0.05, 0.1) is 22.3 Å². The van der Waals surface area contributed by atoms with Crippen LogP contribution in [0.15, 0.2) is 48.5 Å². The highest BCUT2D eigenvalue weighted by Crippen LogP contribution is 2.34. The van der Waals surface area contributed by atoms with Crippen LogP contribution >= 0.6 is 0 Å². The minimum Gasteiger partial charge on any atom is -0.388 e. The fourth-order valence-electron chi connectivity index (χ4n) is 3.38. The average Bonchev–Trinajstić information content (AvgIpc) is 2.67. The smallest absolute Gasteiger partial charge is 0.270 e. The van der Waals surface area contributed by atoms with Gasteiger partial charge in [-0.25, -0.2) is 0 Å². The average molecular weight is 337 g/mol. The van der Waals surface area contributed by atoms with Crippen molar-refractivity contribution in [3.05, 3.63) is 69.8 Å². The minimum atomic E-state index is -0.493. The number of rotatable bonds is 4. The zero-order chi connectivity index (χ0) is 17.8. The van der Waals surface area contributed by atoms with E-state index in [-0.39, 0.29) is 11.6 Å². The summed E-state index contributed by atoms with van der Waals surface area (Å²) in [5.41, 5.74) is 1.89. The molecule has 3 rings (SSSR count). The molecule has 0 amide bonds. The normalized spacial score (nSPS) is 16.2. The lowest BCUT2D eigenvalue weighted by atomic mass is 9.87. The van der Waals surface area contributed by atoms with E-state index in [0.717, 1.165) is 24.1 Å². The molecule has 0 aliphatic carbocycles. The molecule has 1 saturated heterocycles. The number of non-ortho nitro benzene ring substituents is 1. The molecule has 128 valence electrons. The van der Waals surface area contributed by atoms with Gasteiger partial charge in [0.15, 0.2) is 0 Å². The maximum atomic E-state index is 10.9. The Kier molecular flexibility index (Phi) is 4.96. The Morgan fingerprint density at radius 2 is 1.88 bits per heavy atom. The van der Waals surface area contributed by atoms with E-state index in [1.165, 1.54) is 12.1 Å². The number of anilines is 1. The summed E-state index contributed by atoms with van der Waals surface area (Å²) in [5, 5.41) is 30.7. The van der Waals surface area contributed by atoms with Crippen molar-refractivity contribution >= 4 is 11.4 Å². The Balaban J connectivity index is 1.70. The molecule has 1 heterocycles. The van der Waals surface area contributed by atoms with E-state index in [1.807, 2.05) is 30.3 Å². The minimum absolute atomic E-state index is 0.0744. The third-order valence-electron chi connectivity index (χ3n) is 4.78. The van der Waals surface area contributed by atoms with Gasteiger partial charge < -0.3 is 10.0 Å².